The van der Waals surface area contributed by atoms with Crippen molar-refractivity contribution >= 4 is 45.5 Å². The molecule has 2 N–H and O–H groups in total. The molecule has 1 atom stereocenters. The van der Waals surface area contributed by atoms with Crippen LogP contribution in [0.4, 0.5) is 5.69 Å². The Balaban J connectivity index is 1.47. The van der Waals surface area contributed by atoms with Gasteiger partial charge in [-0.3, -0.25) is 9.36 Å². The molecule has 1 amide bonds. The van der Waals surface area contributed by atoms with E-state index in [0.717, 1.165) is 27.2 Å². The molecule has 0 aliphatic heterocycles. The third kappa shape index (κ3) is 6.99. The van der Waals surface area contributed by atoms with E-state index in [1.165, 1.54) is 17.3 Å². The van der Waals surface area contributed by atoms with Crippen LogP contribution in [0.25, 0.3) is 5.69 Å². The average molecular weight is 580 g/mol. The number of aryl methyl sites for hydroxylation is 1. The van der Waals surface area contributed by atoms with E-state index >= 15 is 0 Å². The molecule has 8 nitrogen and oxygen atoms in total. The number of ether oxygens (including phenoxy) is 1. The van der Waals surface area contributed by atoms with E-state index in [9.17, 15) is 4.79 Å². The second kappa shape index (κ2) is 12.6. The van der Waals surface area contributed by atoms with Gasteiger partial charge in [0.25, 0.3) is 5.91 Å². The number of amides is 1. The normalized spacial score (nSPS) is 11.9. The zero-order valence-electron chi connectivity index (χ0n) is 20.7. The molecule has 3 aromatic carbocycles. The van der Waals surface area contributed by atoms with Gasteiger partial charge in [0, 0.05) is 21.4 Å². The van der Waals surface area contributed by atoms with Gasteiger partial charge in [0.05, 0.1) is 25.1 Å². The number of hydrazone groups is 1. The molecule has 1 heterocycles. The smallest absolute Gasteiger partial charge is 0.253 e. The lowest BCUT2D eigenvalue weighted by atomic mass is 10.2. The van der Waals surface area contributed by atoms with Crippen molar-refractivity contribution in [3.63, 3.8) is 0 Å². The lowest BCUT2D eigenvalue weighted by Crippen LogP contribution is -2.27. The molecule has 0 aliphatic rings. The minimum absolute atomic E-state index is 0.253. The largest absolute Gasteiger partial charge is 0.496 e. The predicted octanol–water partition coefficient (Wildman–Crippen LogP) is 5.59. The fraction of sp³-hybridized carbons (Fsp3) is 0.185. The summed E-state index contributed by atoms with van der Waals surface area (Å²) >= 11 is 4.75. The Kier molecular flexibility index (Phi) is 8.97. The summed E-state index contributed by atoms with van der Waals surface area (Å²) in [4.78, 5) is 12.8. The van der Waals surface area contributed by atoms with Crippen LogP contribution in [-0.4, -0.2) is 39.2 Å². The first-order chi connectivity index (χ1) is 17.9. The van der Waals surface area contributed by atoms with Gasteiger partial charge in [-0.1, -0.05) is 63.6 Å². The fourth-order valence-corrected chi connectivity index (χ4v) is 4.71. The first kappa shape index (κ1) is 26.4. The van der Waals surface area contributed by atoms with Crippen LogP contribution in [0.15, 0.2) is 87.5 Å². The predicted molar refractivity (Wildman–Crippen MR) is 152 cm³/mol. The first-order valence-corrected chi connectivity index (χ1v) is 13.2. The highest BCUT2D eigenvalue weighted by Crippen LogP contribution is 2.26. The van der Waals surface area contributed by atoms with Crippen LogP contribution in [0.2, 0.25) is 0 Å². The fourth-order valence-electron chi connectivity index (χ4n) is 3.45. The van der Waals surface area contributed by atoms with E-state index in [-0.39, 0.29) is 5.91 Å². The Labute approximate surface area is 228 Å². The van der Waals surface area contributed by atoms with Gasteiger partial charge < -0.3 is 10.1 Å². The van der Waals surface area contributed by atoms with Crippen molar-refractivity contribution < 1.29 is 9.53 Å². The number of hydrogen-bond donors (Lipinski definition) is 2. The van der Waals surface area contributed by atoms with Crippen molar-refractivity contribution in [1.82, 2.24) is 20.2 Å². The maximum Gasteiger partial charge on any atom is 0.253 e. The topological polar surface area (TPSA) is 93.4 Å². The quantitative estimate of drug-likeness (QED) is 0.145. The number of carbonyl (C=O) groups is 1. The maximum absolute atomic E-state index is 12.8. The molecular formula is C27H27BrN6O2S. The zero-order valence-corrected chi connectivity index (χ0v) is 23.1. The highest BCUT2D eigenvalue weighted by molar-refractivity contribution is 9.10. The van der Waals surface area contributed by atoms with Gasteiger partial charge >= 0.3 is 0 Å². The molecule has 1 aromatic heterocycles. The summed E-state index contributed by atoms with van der Waals surface area (Å²) in [5.41, 5.74) is 6.46. The van der Waals surface area contributed by atoms with E-state index in [4.69, 9.17) is 4.74 Å². The van der Waals surface area contributed by atoms with Crippen LogP contribution in [-0.2, 0) is 11.3 Å². The third-order valence-corrected chi connectivity index (χ3v) is 6.97. The van der Waals surface area contributed by atoms with Crippen LogP contribution < -0.4 is 15.5 Å². The minimum atomic E-state index is -0.467. The van der Waals surface area contributed by atoms with E-state index in [0.29, 0.717) is 17.5 Å². The Bertz CT molecular complexity index is 1380. The first-order valence-electron chi connectivity index (χ1n) is 11.6. The number of hydrogen-bond acceptors (Lipinski definition) is 7. The molecule has 190 valence electrons. The molecule has 4 rings (SSSR count). The lowest BCUT2D eigenvalue weighted by molar-refractivity contribution is -0.120. The molecule has 0 unspecified atom stereocenters. The highest BCUT2D eigenvalue weighted by Gasteiger charge is 2.21. The summed E-state index contributed by atoms with van der Waals surface area (Å²) in [6, 6.07) is 23.6. The number of benzene rings is 3. The highest BCUT2D eigenvalue weighted by atomic mass is 79.9. The second-order valence-corrected chi connectivity index (χ2v) is 10.4. The van der Waals surface area contributed by atoms with Crippen LogP contribution in [0.5, 0.6) is 5.75 Å². The monoisotopic (exact) mass is 578 g/mol. The van der Waals surface area contributed by atoms with Crippen LogP contribution in [0.1, 0.15) is 23.9 Å². The lowest BCUT2D eigenvalue weighted by Gasteiger charge is -2.13. The van der Waals surface area contributed by atoms with Crippen molar-refractivity contribution in [3.8, 4) is 11.4 Å². The van der Waals surface area contributed by atoms with Crippen LogP contribution >= 0.6 is 27.7 Å². The van der Waals surface area contributed by atoms with Gasteiger partial charge in [0.1, 0.15) is 5.75 Å². The summed E-state index contributed by atoms with van der Waals surface area (Å²) in [5, 5.41) is 16.5. The summed E-state index contributed by atoms with van der Waals surface area (Å²) in [6.07, 6.45) is 1.56. The van der Waals surface area contributed by atoms with E-state index in [1.807, 2.05) is 72.2 Å². The molecule has 0 bridgehead atoms. The minimum Gasteiger partial charge on any atom is -0.496 e. The average Bonchev–Trinajstić information content (AvgIpc) is 3.31. The standard InChI is InChI=1S/C27H27BrN6O2S/c1-18-9-12-22(13-10-18)29-17-25-31-33-27(34(25)23-7-5-4-6-8-23)37-19(2)26(35)32-30-16-20-15-21(28)11-14-24(20)36-3/h4-16,19,29H,17H2,1-3H3,(H,32,35)/b30-16-/t19-/m0/s1. The molecular weight excluding hydrogens is 552 g/mol. The Morgan fingerprint density at radius 1 is 1.14 bits per heavy atom. The molecule has 0 saturated heterocycles. The van der Waals surface area contributed by atoms with Gasteiger partial charge in [0.15, 0.2) is 11.0 Å². The number of aromatic nitrogens is 3. The number of nitrogens with zero attached hydrogens (tertiary/aromatic N) is 4. The van der Waals surface area contributed by atoms with Gasteiger partial charge in [-0.05, 0) is 56.3 Å². The summed E-state index contributed by atoms with van der Waals surface area (Å²) < 4.78 is 8.19. The number of para-hydroxylation sites is 1. The molecule has 4 aromatic rings. The number of rotatable bonds is 10. The van der Waals surface area contributed by atoms with Crippen molar-refractivity contribution in [2.75, 3.05) is 12.4 Å². The van der Waals surface area contributed by atoms with E-state index < -0.39 is 5.25 Å². The molecule has 0 fully saturated rings. The van der Waals surface area contributed by atoms with E-state index in [2.05, 4.69) is 61.0 Å². The Hall–Kier alpha value is -3.63. The molecule has 0 radical (unpaired) electrons. The number of nitrogens with one attached hydrogen (secondary N) is 2. The molecule has 10 heteroatoms. The molecule has 37 heavy (non-hydrogen) atoms. The zero-order chi connectivity index (χ0) is 26.2. The summed E-state index contributed by atoms with van der Waals surface area (Å²) in [6.45, 7) is 4.34. The number of methoxy groups -OCH3 is 1. The molecule has 0 spiro atoms. The van der Waals surface area contributed by atoms with Gasteiger partial charge in [-0.2, -0.15) is 5.10 Å². The van der Waals surface area contributed by atoms with Crippen molar-refractivity contribution in [3.05, 3.63) is 94.2 Å². The van der Waals surface area contributed by atoms with Crippen molar-refractivity contribution in [1.29, 1.82) is 0 Å². The molecule has 0 aliphatic carbocycles. The van der Waals surface area contributed by atoms with Crippen LogP contribution in [0, 0.1) is 6.92 Å². The Morgan fingerprint density at radius 3 is 2.62 bits per heavy atom. The third-order valence-electron chi connectivity index (χ3n) is 5.44. The summed E-state index contributed by atoms with van der Waals surface area (Å²) in [7, 11) is 1.59. The molecule has 0 saturated carbocycles. The number of carbonyl (C=O) groups excluding carboxylic acids is 1. The number of thioether (sulfide) groups is 1. The second-order valence-electron chi connectivity index (χ2n) is 8.17. The number of anilines is 1. The van der Waals surface area contributed by atoms with Crippen molar-refractivity contribution in [2.45, 2.75) is 30.8 Å². The van der Waals surface area contributed by atoms with Crippen LogP contribution in [0.3, 0.4) is 0 Å². The SMILES string of the molecule is COc1ccc(Br)cc1/C=N\NC(=O)[C@H](C)Sc1nnc(CNc2ccc(C)cc2)n1-c1ccccc1. The maximum atomic E-state index is 12.8. The van der Waals surface area contributed by atoms with E-state index in [1.54, 1.807) is 13.3 Å². The van der Waals surface area contributed by atoms with Gasteiger partial charge in [-0.15, -0.1) is 10.2 Å². The van der Waals surface area contributed by atoms with Crippen molar-refractivity contribution in [2.24, 2.45) is 5.10 Å². The summed E-state index contributed by atoms with van der Waals surface area (Å²) in [5.74, 6) is 1.14. The Morgan fingerprint density at radius 2 is 1.89 bits per heavy atom. The van der Waals surface area contributed by atoms with Gasteiger partial charge in [-0.25, -0.2) is 5.43 Å². The number of halogens is 1. The van der Waals surface area contributed by atoms with Gasteiger partial charge in [0.2, 0.25) is 0 Å².